The SMILES string of the molecule is C[C@@]1(c2cc(CC(=O)c3ccc(C(F)(F)F)cn3)ccn2)C=CSC(N)=N1. The number of amidine groups is 1. The Morgan fingerprint density at radius 3 is 2.67 bits per heavy atom. The third-order valence-corrected chi connectivity index (χ3v) is 4.61. The van der Waals surface area contributed by atoms with Crippen LogP contribution in [0.2, 0.25) is 0 Å². The Bertz CT molecular complexity index is 925. The van der Waals surface area contributed by atoms with E-state index in [4.69, 9.17) is 5.73 Å². The topological polar surface area (TPSA) is 81.2 Å². The number of nitrogens with zero attached hydrogens (tertiary/aromatic N) is 3. The monoisotopic (exact) mass is 392 g/mol. The number of ketones is 1. The van der Waals surface area contributed by atoms with Crippen molar-refractivity contribution in [3.8, 4) is 0 Å². The van der Waals surface area contributed by atoms with Crippen molar-refractivity contribution in [2.24, 2.45) is 10.7 Å². The summed E-state index contributed by atoms with van der Waals surface area (Å²) in [6.45, 7) is 1.85. The van der Waals surface area contributed by atoms with Gasteiger partial charge in [-0.3, -0.25) is 14.8 Å². The summed E-state index contributed by atoms with van der Waals surface area (Å²) in [6, 6.07) is 5.34. The van der Waals surface area contributed by atoms with E-state index in [1.54, 1.807) is 18.3 Å². The number of thioether (sulfide) groups is 1. The molecule has 0 unspecified atom stereocenters. The highest BCUT2D eigenvalue weighted by molar-refractivity contribution is 8.16. The molecule has 2 aromatic heterocycles. The minimum atomic E-state index is -4.49. The lowest BCUT2D eigenvalue weighted by atomic mass is 9.95. The summed E-state index contributed by atoms with van der Waals surface area (Å²) in [5.41, 5.74) is 5.40. The summed E-state index contributed by atoms with van der Waals surface area (Å²) < 4.78 is 37.8. The van der Waals surface area contributed by atoms with Crippen LogP contribution in [0.4, 0.5) is 13.2 Å². The summed E-state index contributed by atoms with van der Waals surface area (Å²) in [7, 11) is 0. The fourth-order valence-electron chi connectivity index (χ4n) is 2.53. The van der Waals surface area contributed by atoms with Gasteiger partial charge in [0, 0.05) is 18.8 Å². The summed E-state index contributed by atoms with van der Waals surface area (Å²) in [4.78, 5) is 24.7. The number of alkyl halides is 3. The Labute approximate surface area is 157 Å². The van der Waals surface area contributed by atoms with Crippen LogP contribution >= 0.6 is 11.8 Å². The van der Waals surface area contributed by atoms with Gasteiger partial charge in [-0.05, 0) is 48.2 Å². The molecule has 5 nitrogen and oxygen atoms in total. The lowest BCUT2D eigenvalue weighted by Crippen LogP contribution is -2.24. The Morgan fingerprint density at radius 2 is 2.04 bits per heavy atom. The molecule has 2 N–H and O–H groups in total. The van der Waals surface area contributed by atoms with Gasteiger partial charge in [0.15, 0.2) is 11.0 Å². The minimum Gasteiger partial charge on any atom is -0.378 e. The van der Waals surface area contributed by atoms with Crippen LogP contribution in [0.15, 0.2) is 53.1 Å². The first kappa shape index (κ1) is 19.1. The molecule has 2 aromatic rings. The highest BCUT2D eigenvalue weighted by Gasteiger charge is 2.31. The van der Waals surface area contributed by atoms with Crippen molar-refractivity contribution in [3.05, 3.63) is 70.7 Å². The second kappa shape index (κ2) is 7.15. The number of Topliss-reactive ketones (excluding diaryl/α,β-unsaturated/α-hetero) is 1. The van der Waals surface area contributed by atoms with Crippen LogP contribution in [0, 0.1) is 0 Å². The molecule has 0 amide bonds. The average molecular weight is 392 g/mol. The standard InChI is InChI=1S/C18H15F3N4OS/c1-17(5-7-27-16(22)25-17)15-9-11(4-6-23-15)8-14(26)13-3-2-12(10-24-13)18(19,20)21/h2-7,9-10H,8H2,1H3,(H2,22,25)/t17-/m0/s1. The van der Waals surface area contributed by atoms with E-state index in [9.17, 15) is 18.0 Å². The van der Waals surface area contributed by atoms with Crippen molar-refractivity contribution < 1.29 is 18.0 Å². The number of rotatable bonds is 4. The maximum absolute atomic E-state index is 12.6. The van der Waals surface area contributed by atoms with Crippen molar-refractivity contribution in [1.29, 1.82) is 0 Å². The zero-order valence-corrected chi connectivity index (χ0v) is 15.0. The summed E-state index contributed by atoms with van der Waals surface area (Å²) in [6.07, 6.45) is -0.419. The first-order valence-corrected chi connectivity index (χ1v) is 8.77. The molecule has 1 atom stereocenters. The molecule has 0 saturated heterocycles. The predicted octanol–water partition coefficient (Wildman–Crippen LogP) is 3.71. The normalized spacial score (nSPS) is 19.6. The van der Waals surface area contributed by atoms with Gasteiger partial charge in [-0.1, -0.05) is 11.8 Å². The van der Waals surface area contributed by atoms with Gasteiger partial charge in [-0.2, -0.15) is 13.2 Å². The van der Waals surface area contributed by atoms with E-state index >= 15 is 0 Å². The fourth-order valence-corrected chi connectivity index (χ4v) is 3.25. The molecule has 0 radical (unpaired) electrons. The van der Waals surface area contributed by atoms with Crippen molar-refractivity contribution >= 4 is 22.7 Å². The number of aliphatic imine (C=N–C) groups is 1. The molecule has 27 heavy (non-hydrogen) atoms. The molecule has 140 valence electrons. The molecule has 3 heterocycles. The lowest BCUT2D eigenvalue weighted by molar-refractivity contribution is -0.137. The highest BCUT2D eigenvalue weighted by atomic mass is 32.2. The molecule has 0 saturated carbocycles. The van der Waals surface area contributed by atoms with Crippen LogP contribution in [0.5, 0.6) is 0 Å². The molecule has 0 bridgehead atoms. The van der Waals surface area contributed by atoms with E-state index in [2.05, 4.69) is 15.0 Å². The summed E-state index contributed by atoms with van der Waals surface area (Å²) >= 11 is 1.31. The zero-order chi connectivity index (χ0) is 19.7. The second-order valence-electron chi connectivity index (χ2n) is 6.10. The van der Waals surface area contributed by atoms with E-state index in [-0.39, 0.29) is 17.9 Å². The number of nitrogens with two attached hydrogens (primary N) is 1. The maximum Gasteiger partial charge on any atom is 0.417 e. The molecule has 0 fully saturated rings. The van der Waals surface area contributed by atoms with E-state index < -0.39 is 17.3 Å². The molecule has 1 aliphatic heterocycles. The van der Waals surface area contributed by atoms with Gasteiger partial charge in [0.2, 0.25) is 0 Å². The Kier molecular flexibility index (Phi) is 5.05. The number of hydrogen-bond donors (Lipinski definition) is 1. The lowest BCUT2D eigenvalue weighted by Gasteiger charge is -2.24. The quantitative estimate of drug-likeness (QED) is 0.803. The smallest absolute Gasteiger partial charge is 0.378 e. The van der Waals surface area contributed by atoms with E-state index in [1.807, 2.05) is 18.4 Å². The van der Waals surface area contributed by atoms with Gasteiger partial charge >= 0.3 is 6.18 Å². The van der Waals surface area contributed by atoms with Crippen LogP contribution in [0.25, 0.3) is 0 Å². The van der Waals surface area contributed by atoms with Crippen LogP contribution in [-0.2, 0) is 18.1 Å². The van der Waals surface area contributed by atoms with Gasteiger partial charge in [-0.25, -0.2) is 4.99 Å². The number of halogens is 3. The molecular formula is C18H15F3N4OS. The van der Waals surface area contributed by atoms with Gasteiger partial charge in [0.1, 0.15) is 11.2 Å². The Morgan fingerprint density at radius 1 is 1.26 bits per heavy atom. The van der Waals surface area contributed by atoms with Crippen LogP contribution in [0.3, 0.4) is 0 Å². The maximum atomic E-state index is 12.6. The van der Waals surface area contributed by atoms with Crippen molar-refractivity contribution in [2.45, 2.75) is 25.1 Å². The predicted molar refractivity (Wildman–Crippen MR) is 97.2 cm³/mol. The van der Waals surface area contributed by atoms with Gasteiger partial charge in [-0.15, -0.1) is 0 Å². The molecule has 0 spiro atoms. The first-order valence-electron chi connectivity index (χ1n) is 7.89. The fraction of sp³-hybridized carbons (Fsp3) is 0.222. The average Bonchev–Trinajstić information content (AvgIpc) is 2.61. The highest BCUT2D eigenvalue weighted by Crippen LogP contribution is 2.31. The number of carbonyl (C=O) groups excluding carboxylic acids is 1. The third kappa shape index (κ3) is 4.36. The molecule has 1 aliphatic rings. The van der Waals surface area contributed by atoms with Crippen LogP contribution < -0.4 is 5.73 Å². The van der Waals surface area contributed by atoms with E-state index in [0.29, 0.717) is 22.6 Å². The van der Waals surface area contributed by atoms with Crippen molar-refractivity contribution in [3.63, 3.8) is 0 Å². The van der Waals surface area contributed by atoms with E-state index in [0.717, 1.165) is 12.1 Å². The minimum absolute atomic E-state index is 0.0123. The van der Waals surface area contributed by atoms with E-state index in [1.165, 1.54) is 11.8 Å². The molecule has 0 aliphatic carbocycles. The third-order valence-electron chi connectivity index (χ3n) is 4.01. The number of hydrogen-bond acceptors (Lipinski definition) is 6. The van der Waals surface area contributed by atoms with Gasteiger partial charge in [0.25, 0.3) is 0 Å². The summed E-state index contributed by atoms with van der Waals surface area (Å²) in [5.74, 6) is -0.385. The number of pyridine rings is 2. The molecule has 3 rings (SSSR count). The molecule has 9 heteroatoms. The molecule has 0 aromatic carbocycles. The number of carbonyl (C=O) groups is 1. The molecular weight excluding hydrogens is 377 g/mol. The Balaban J connectivity index is 1.79. The van der Waals surface area contributed by atoms with Crippen molar-refractivity contribution in [1.82, 2.24) is 9.97 Å². The van der Waals surface area contributed by atoms with Crippen molar-refractivity contribution in [2.75, 3.05) is 0 Å². The second-order valence-corrected chi connectivity index (χ2v) is 7.02. The largest absolute Gasteiger partial charge is 0.417 e. The summed E-state index contributed by atoms with van der Waals surface area (Å²) in [5, 5.41) is 2.24. The first-order chi connectivity index (χ1) is 12.7. The zero-order valence-electron chi connectivity index (χ0n) is 14.2. The number of aromatic nitrogens is 2. The Hall–Kier alpha value is -2.68. The van der Waals surface area contributed by atoms with Gasteiger partial charge in [0.05, 0.1) is 11.3 Å². The van der Waals surface area contributed by atoms with Crippen LogP contribution in [0.1, 0.15) is 34.2 Å². The van der Waals surface area contributed by atoms with Crippen LogP contribution in [-0.4, -0.2) is 20.9 Å². The van der Waals surface area contributed by atoms with Gasteiger partial charge < -0.3 is 5.73 Å².